The van der Waals surface area contributed by atoms with E-state index in [2.05, 4.69) is 10.6 Å². The summed E-state index contributed by atoms with van der Waals surface area (Å²) in [6.07, 6.45) is 0. The zero-order valence-electron chi connectivity index (χ0n) is 13.3. The number of hydrogen-bond donors (Lipinski definition) is 2. The van der Waals surface area contributed by atoms with E-state index in [9.17, 15) is 4.79 Å². The molecule has 0 unspecified atom stereocenters. The zero-order valence-corrected chi connectivity index (χ0v) is 13.3. The van der Waals surface area contributed by atoms with Crippen LogP contribution in [0.25, 0.3) is 0 Å². The van der Waals surface area contributed by atoms with Gasteiger partial charge < -0.3 is 15.4 Å². The Hall–Kier alpha value is -3.78. The molecule has 0 heterocycles. The van der Waals surface area contributed by atoms with Crippen LogP contribution in [0.4, 0.5) is 16.2 Å². The van der Waals surface area contributed by atoms with Crippen LogP contribution in [-0.2, 0) is 0 Å². The molecule has 3 aromatic carbocycles. The van der Waals surface area contributed by atoms with Gasteiger partial charge >= 0.3 is 6.03 Å². The van der Waals surface area contributed by atoms with E-state index in [-0.39, 0.29) is 0 Å². The maximum atomic E-state index is 12.2. The molecular weight excluding hydrogens is 314 g/mol. The Kier molecular flexibility index (Phi) is 4.93. The van der Waals surface area contributed by atoms with Crippen LogP contribution in [0.15, 0.2) is 78.9 Å². The van der Waals surface area contributed by atoms with E-state index in [1.54, 1.807) is 36.4 Å². The Bertz CT molecular complexity index is 917. The highest BCUT2D eigenvalue weighted by molar-refractivity contribution is 6.00. The number of urea groups is 1. The molecule has 0 radical (unpaired) electrons. The van der Waals surface area contributed by atoms with Crippen molar-refractivity contribution >= 4 is 17.4 Å². The van der Waals surface area contributed by atoms with Crippen molar-refractivity contribution in [3.8, 4) is 17.6 Å². The third kappa shape index (κ3) is 4.36. The molecule has 3 aromatic rings. The molecular formula is C20H15N3O2. The fraction of sp³-hybridized carbons (Fsp3) is 0. The second-order valence-corrected chi connectivity index (χ2v) is 5.18. The fourth-order valence-electron chi connectivity index (χ4n) is 2.23. The maximum Gasteiger partial charge on any atom is 0.323 e. The monoisotopic (exact) mass is 329 g/mol. The van der Waals surface area contributed by atoms with Crippen LogP contribution in [0.3, 0.4) is 0 Å². The molecule has 122 valence electrons. The first-order valence-corrected chi connectivity index (χ1v) is 7.65. The number of amides is 2. The van der Waals surface area contributed by atoms with Crippen molar-refractivity contribution in [2.75, 3.05) is 10.6 Å². The highest BCUT2D eigenvalue weighted by atomic mass is 16.5. The van der Waals surface area contributed by atoms with Crippen molar-refractivity contribution in [2.24, 2.45) is 0 Å². The van der Waals surface area contributed by atoms with E-state index in [1.165, 1.54) is 0 Å². The Balaban J connectivity index is 1.72. The number of carbonyl (C=O) groups is 1. The lowest BCUT2D eigenvalue weighted by molar-refractivity contribution is 0.262. The topological polar surface area (TPSA) is 74.2 Å². The number of hydrogen-bond acceptors (Lipinski definition) is 3. The average Bonchev–Trinajstić information content (AvgIpc) is 2.64. The lowest BCUT2D eigenvalue weighted by Gasteiger charge is -2.13. The van der Waals surface area contributed by atoms with Gasteiger partial charge in [-0.25, -0.2) is 4.79 Å². The molecule has 25 heavy (non-hydrogen) atoms. The number of nitrogens with zero attached hydrogens (tertiary/aromatic N) is 1. The molecule has 2 N–H and O–H groups in total. The summed E-state index contributed by atoms with van der Waals surface area (Å²) >= 11 is 0. The lowest BCUT2D eigenvalue weighted by atomic mass is 10.2. The number of nitriles is 1. The fourth-order valence-corrected chi connectivity index (χ4v) is 2.23. The summed E-state index contributed by atoms with van der Waals surface area (Å²) in [5.74, 6) is 1.22. The van der Waals surface area contributed by atoms with Gasteiger partial charge in [-0.1, -0.05) is 36.4 Å². The first kappa shape index (κ1) is 16.1. The molecule has 0 fully saturated rings. The second-order valence-electron chi connectivity index (χ2n) is 5.18. The Morgan fingerprint density at radius 1 is 0.880 bits per heavy atom. The van der Waals surface area contributed by atoms with E-state index in [4.69, 9.17) is 10.00 Å². The van der Waals surface area contributed by atoms with Gasteiger partial charge in [0.1, 0.15) is 5.75 Å². The highest BCUT2D eigenvalue weighted by Gasteiger charge is 2.09. The zero-order chi connectivity index (χ0) is 17.5. The van der Waals surface area contributed by atoms with Gasteiger partial charge in [0.05, 0.1) is 17.3 Å². The van der Waals surface area contributed by atoms with Gasteiger partial charge in [-0.15, -0.1) is 0 Å². The lowest BCUT2D eigenvalue weighted by Crippen LogP contribution is -2.19. The van der Waals surface area contributed by atoms with Crippen LogP contribution in [0, 0.1) is 11.3 Å². The van der Waals surface area contributed by atoms with Crippen molar-refractivity contribution in [3.05, 3.63) is 84.4 Å². The largest absolute Gasteiger partial charge is 0.455 e. The summed E-state index contributed by atoms with van der Waals surface area (Å²) in [5, 5.41) is 14.4. The number of carbonyl (C=O) groups excluding carboxylic acids is 1. The third-order valence-electron chi connectivity index (χ3n) is 3.36. The first-order chi connectivity index (χ1) is 12.2. The minimum atomic E-state index is -0.417. The molecule has 0 atom stereocenters. The molecule has 2 amide bonds. The highest BCUT2D eigenvalue weighted by Crippen LogP contribution is 2.29. The van der Waals surface area contributed by atoms with Crippen LogP contribution < -0.4 is 15.4 Å². The summed E-state index contributed by atoms with van der Waals surface area (Å²) < 4.78 is 5.81. The predicted octanol–water partition coefficient (Wildman–Crippen LogP) is 4.99. The van der Waals surface area contributed by atoms with E-state index < -0.39 is 6.03 Å². The van der Waals surface area contributed by atoms with Gasteiger partial charge in [-0.2, -0.15) is 5.26 Å². The third-order valence-corrected chi connectivity index (χ3v) is 3.36. The van der Waals surface area contributed by atoms with Gasteiger partial charge in [0.2, 0.25) is 0 Å². The summed E-state index contributed by atoms with van der Waals surface area (Å²) in [4.78, 5) is 12.2. The van der Waals surface area contributed by atoms with Gasteiger partial charge in [0, 0.05) is 5.69 Å². The predicted molar refractivity (Wildman–Crippen MR) is 96.8 cm³/mol. The van der Waals surface area contributed by atoms with Gasteiger partial charge in [-0.05, 0) is 42.5 Å². The van der Waals surface area contributed by atoms with Crippen LogP contribution in [0.5, 0.6) is 11.5 Å². The molecule has 0 aliphatic carbocycles. The molecule has 3 rings (SSSR count). The normalized spacial score (nSPS) is 9.72. The van der Waals surface area contributed by atoms with Crippen molar-refractivity contribution in [1.29, 1.82) is 5.26 Å². The number of ether oxygens (including phenoxy) is 1. The number of anilines is 2. The van der Waals surface area contributed by atoms with Gasteiger partial charge in [0.15, 0.2) is 5.75 Å². The molecule has 0 aliphatic rings. The Morgan fingerprint density at radius 3 is 2.44 bits per heavy atom. The average molecular weight is 329 g/mol. The van der Waals surface area contributed by atoms with Gasteiger partial charge in [0.25, 0.3) is 0 Å². The maximum absolute atomic E-state index is 12.2. The van der Waals surface area contributed by atoms with E-state index in [0.29, 0.717) is 28.4 Å². The van der Waals surface area contributed by atoms with Crippen LogP contribution >= 0.6 is 0 Å². The molecule has 0 saturated heterocycles. The Labute approximate surface area is 145 Å². The summed E-state index contributed by atoms with van der Waals surface area (Å²) in [6.45, 7) is 0. The quantitative estimate of drug-likeness (QED) is 0.708. The molecule has 0 aromatic heterocycles. The molecule has 0 saturated carbocycles. The van der Waals surface area contributed by atoms with E-state index in [0.717, 1.165) is 0 Å². The number of rotatable bonds is 4. The summed E-state index contributed by atoms with van der Waals surface area (Å²) in [6, 6.07) is 24.8. The number of nitrogens with one attached hydrogen (secondary N) is 2. The van der Waals surface area contributed by atoms with Crippen molar-refractivity contribution < 1.29 is 9.53 Å². The number of para-hydroxylation sites is 3. The number of benzene rings is 3. The SMILES string of the molecule is N#Cc1cccc(NC(=O)Nc2ccccc2Oc2ccccc2)c1. The van der Waals surface area contributed by atoms with Crippen molar-refractivity contribution in [3.63, 3.8) is 0 Å². The summed E-state index contributed by atoms with van der Waals surface area (Å²) in [5.41, 5.74) is 1.56. The molecule has 5 nitrogen and oxygen atoms in total. The van der Waals surface area contributed by atoms with E-state index in [1.807, 2.05) is 48.5 Å². The van der Waals surface area contributed by atoms with Crippen molar-refractivity contribution in [1.82, 2.24) is 0 Å². The standard InChI is InChI=1S/C20H15N3O2/c21-14-15-7-6-8-16(13-15)22-20(24)23-18-11-4-5-12-19(18)25-17-9-2-1-3-10-17/h1-13H,(H2,22,23,24). The first-order valence-electron chi connectivity index (χ1n) is 7.65. The van der Waals surface area contributed by atoms with Gasteiger partial charge in [-0.3, -0.25) is 0 Å². The molecule has 0 bridgehead atoms. The minimum Gasteiger partial charge on any atom is -0.455 e. The van der Waals surface area contributed by atoms with Crippen LogP contribution in [0.1, 0.15) is 5.56 Å². The molecule has 5 heteroatoms. The molecule has 0 spiro atoms. The Morgan fingerprint density at radius 2 is 1.64 bits per heavy atom. The van der Waals surface area contributed by atoms with Crippen molar-refractivity contribution in [2.45, 2.75) is 0 Å². The van der Waals surface area contributed by atoms with E-state index >= 15 is 0 Å². The molecule has 0 aliphatic heterocycles. The second kappa shape index (κ2) is 7.66. The van der Waals surface area contributed by atoms with Crippen LogP contribution in [-0.4, -0.2) is 6.03 Å². The summed E-state index contributed by atoms with van der Waals surface area (Å²) in [7, 11) is 0. The van der Waals surface area contributed by atoms with Crippen LogP contribution in [0.2, 0.25) is 0 Å². The smallest absolute Gasteiger partial charge is 0.323 e. The minimum absolute atomic E-state index is 0.417.